The highest BCUT2D eigenvalue weighted by atomic mass is 16.3. The number of fused-ring (bicyclic) bond motifs is 12. The maximum absolute atomic E-state index is 6.96. The van der Waals surface area contributed by atoms with Crippen molar-refractivity contribution in [2.24, 2.45) is 12.0 Å². The molecule has 2 atom stereocenters. The molecule has 0 N–H and O–H groups in total. The molecule has 5 nitrogen and oxygen atoms in total. The zero-order valence-corrected chi connectivity index (χ0v) is 25.9. The Morgan fingerprint density at radius 2 is 1.82 bits per heavy atom. The first-order valence-electron chi connectivity index (χ1n) is 15.7. The monoisotopic (exact) mass is 577 g/mol. The van der Waals surface area contributed by atoms with Gasteiger partial charge in [0.05, 0.1) is 30.1 Å². The summed E-state index contributed by atoms with van der Waals surface area (Å²) in [5.74, 6) is 1.66. The predicted octanol–water partition coefficient (Wildman–Crippen LogP) is 8.81. The maximum atomic E-state index is 6.96. The number of para-hydroxylation sites is 1. The lowest BCUT2D eigenvalue weighted by Gasteiger charge is -2.32. The summed E-state index contributed by atoms with van der Waals surface area (Å²) in [6.45, 7) is 15.4. The molecule has 6 aromatic rings. The minimum Gasteiger partial charge on any atom is -0.455 e. The highest BCUT2D eigenvalue weighted by molar-refractivity contribution is 6.11. The lowest BCUT2D eigenvalue weighted by atomic mass is 9.78. The molecule has 0 bridgehead atoms. The van der Waals surface area contributed by atoms with Gasteiger partial charge in [0.15, 0.2) is 5.52 Å². The van der Waals surface area contributed by atoms with E-state index in [0.29, 0.717) is 12.3 Å². The van der Waals surface area contributed by atoms with Gasteiger partial charge in [0.2, 0.25) is 5.82 Å². The number of aliphatic imine (C=N–C) groups is 1. The SMILES string of the molecule is C=CC1=NC2CC(=C)[n+]3c(n(C)c4ccc(C)nc43)-c3c(ccc4c3oc3c(C(C)C)cccc34)CCC2c2ccccc21. The molecule has 5 heteroatoms. The van der Waals surface area contributed by atoms with Crippen LogP contribution >= 0.6 is 0 Å². The van der Waals surface area contributed by atoms with Crippen molar-refractivity contribution < 1.29 is 8.98 Å². The van der Waals surface area contributed by atoms with Crippen LogP contribution in [0.3, 0.4) is 0 Å². The number of benzene rings is 3. The summed E-state index contributed by atoms with van der Waals surface area (Å²) in [7, 11) is 2.14. The van der Waals surface area contributed by atoms with Gasteiger partial charge in [-0.1, -0.05) is 81.6 Å². The van der Waals surface area contributed by atoms with Crippen molar-refractivity contribution in [1.82, 2.24) is 9.55 Å². The van der Waals surface area contributed by atoms with E-state index in [-0.39, 0.29) is 12.0 Å². The van der Waals surface area contributed by atoms with E-state index >= 15 is 0 Å². The van der Waals surface area contributed by atoms with E-state index in [2.05, 4.69) is 110 Å². The van der Waals surface area contributed by atoms with Crippen LogP contribution in [0.2, 0.25) is 0 Å². The lowest BCUT2D eigenvalue weighted by Crippen LogP contribution is -2.38. The quantitative estimate of drug-likeness (QED) is 0.193. The minimum absolute atomic E-state index is 0.0518. The minimum atomic E-state index is 0.0518. The lowest BCUT2D eigenvalue weighted by molar-refractivity contribution is -0.545. The summed E-state index contributed by atoms with van der Waals surface area (Å²) >= 11 is 0. The summed E-state index contributed by atoms with van der Waals surface area (Å²) in [6, 6.07) is 24.1. The second kappa shape index (κ2) is 9.88. The number of allylic oxidation sites excluding steroid dienone is 1. The van der Waals surface area contributed by atoms with Crippen molar-refractivity contribution in [3.63, 3.8) is 0 Å². The molecular weight excluding hydrogens is 540 g/mol. The Bertz CT molecular complexity index is 2210. The van der Waals surface area contributed by atoms with Gasteiger partial charge in [-0.2, -0.15) is 4.57 Å². The Morgan fingerprint density at radius 1 is 1.00 bits per heavy atom. The molecule has 0 amide bonds. The fourth-order valence-corrected chi connectivity index (χ4v) is 7.68. The molecule has 0 aliphatic carbocycles. The molecule has 0 radical (unpaired) electrons. The van der Waals surface area contributed by atoms with E-state index in [9.17, 15) is 0 Å². The molecular formula is C39H37N4O+. The van der Waals surface area contributed by atoms with Crippen LogP contribution in [-0.2, 0) is 13.5 Å². The molecule has 3 aromatic carbocycles. The van der Waals surface area contributed by atoms with Crippen LogP contribution in [0.25, 0.3) is 50.2 Å². The number of hydrogen-bond acceptors (Lipinski definition) is 3. The number of pyridine rings is 1. The Hall–Kier alpha value is -4.77. The molecule has 0 fully saturated rings. The van der Waals surface area contributed by atoms with Crippen molar-refractivity contribution in [3.05, 3.63) is 114 Å². The zero-order chi connectivity index (χ0) is 30.3. The van der Waals surface area contributed by atoms with Gasteiger partial charge >= 0.3 is 5.65 Å². The highest BCUT2D eigenvalue weighted by Gasteiger charge is 2.37. The van der Waals surface area contributed by atoms with E-state index in [1.165, 1.54) is 22.3 Å². The maximum Gasteiger partial charge on any atom is 0.307 e. The highest BCUT2D eigenvalue weighted by Crippen LogP contribution is 2.44. The molecule has 2 aliphatic rings. The first-order valence-corrected chi connectivity index (χ1v) is 15.7. The molecule has 8 rings (SSSR count). The predicted molar refractivity (Wildman–Crippen MR) is 180 cm³/mol. The van der Waals surface area contributed by atoms with E-state index in [1.54, 1.807) is 0 Å². The van der Waals surface area contributed by atoms with Gasteiger partial charge in [0.1, 0.15) is 16.9 Å². The molecule has 0 saturated carbocycles. The molecule has 0 saturated heterocycles. The third-order valence-electron chi connectivity index (χ3n) is 9.81. The second-order valence-electron chi connectivity index (χ2n) is 12.8. The van der Waals surface area contributed by atoms with Crippen molar-refractivity contribution >= 4 is 44.5 Å². The number of aryl methyl sites for hydroxylation is 3. The smallest absolute Gasteiger partial charge is 0.307 e. The number of rotatable bonds is 2. The summed E-state index contributed by atoms with van der Waals surface area (Å²) in [4.78, 5) is 10.4. The number of aromatic nitrogens is 3. The number of furan rings is 1. The van der Waals surface area contributed by atoms with E-state index in [0.717, 1.165) is 74.4 Å². The number of hydrogen-bond donors (Lipinski definition) is 0. The first-order chi connectivity index (χ1) is 21.4. The van der Waals surface area contributed by atoms with Gasteiger partial charge in [-0.25, -0.2) is 0 Å². The molecule has 218 valence electrons. The van der Waals surface area contributed by atoms with E-state index in [1.807, 2.05) is 6.08 Å². The molecule has 44 heavy (non-hydrogen) atoms. The van der Waals surface area contributed by atoms with Gasteiger partial charge in [-0.3, -0.25) is 9.56 Å². The third-order valence-corrected chi connectivity index (χ3v) is 9.81. The van der Waals surface area contributed by atoms with Crippen molar-refractivity contribution in [1.29, 1.82) is 0 Å². The summed E-state index contributed by atoms with van der Waals surface area (Å²) < 4.78 is 11.5. The largest absolute Gasteiger partial charge is 0.455 e. The number of imidazole rings is 1. The molecule has 3 aromatic heterocycles. The van der Waals surface area contributed by atoms with Crippen LogP contribution in [0.5, 0.6) is 0 Å². The standard InChI is InChI=1S/C39H37N4O/c1-7-32-28-12-9-8-11-27(28)29-18-16-25-17-19-31-30-14-10-13-26(22(2)3)36(30)44-37(31)35(25)39-42(6)34-20-15-23(4)40-38(34)43(39)24(5)21-33(29)41-32/h7-15,17,19-20,22,29,33H,1,5,16,18,21H2,2-4,6H3/q+1. The Balaban J connectivity index is 1.46. The van der Waals surface area contributed by atoms with Crippen LogP contribution in [0.4, 0.5) is 0 Å². The normalized spacial score (nSPS) is 18.2. The van der Waals surface area contributed by atoms with Crippen molar-refractivity contribution in [2.75, 3.05) is 0 Å². The van der Waals surface area contributed by atoms with Crippen molar-refractivity contribution in [2.45, 2.75) is 57.9 Å². The van der Waals surface area contributed by atoms with Gasteiger partial charge < -0.3 is 4.42 Å². The van der Waals surface area contributed by atoms with E-state index < -0.39 is 0 Å². The van der Waals surface area contributed by atoms with Gasteiger partial charge in [-0.15, -0.1) is 4.98 Å². The fourth-order valence-electron chi connectivity index (χ4n) is 7.68. The Kier molecular flexibility index (Phi) is 6.02. The van der Waals surface area contributed by atoms with Crippen LogP contribution in [-0.4, -0.2) is 21.3 Å². The van der Waals surface area contributed by atoms with E-state index in [4.69, 9.17) is 21.0 Å². The topological polar surface area (TPSA) is 47.2 Å². The fraction of sp³-hybridized carbons (Fsp3) is 0.256. The van der Waals surface area contributed by atoms with Crippen molar-refractivity contribution in [3.8, 4) is 11.4 Å². The van der Waals surface area contributed by atoms with Crippen LogP contribution in [0.1, 0.15) is 66.5 Å². The number of nitrogens with zero attached hydrogens (tertiary/aromatic N) is 4. The summed E-state index contributed by atoms with van der Waals surface area (Å²) in [6.07, 6.45) is 4.48. The van der Waals surface area contributed by atoms with Gasteiger partial charge in [0, 0.05) is 28.7 Å². The van der Waals surface area contributed by atoms with Gasteiger partial charge in [0.25, 0.3) is 0 Å². The van der Waals surface area contributed by atoms with Gasteiger partial charge in [-0.05, 0) is 60.6 Å². The average Bonchev–Trinajstić information content (AvgIpc) is 3.54. The molecule has 5 heterocycles. The van der Waals surface area contributed by atoms with Crippen LogP contribution in [0, 0.1) is 6.92 Å². The van der Waals surface area contributed by atoms with Crippen LogP contribution in [0.15, 0.2) is 95.4 Å². The molecule has 0 spiro atoms. The zero-order valence-electron chi connectivity index (χ0n) is 25.9. The Labute approximate surface area is 257 Å². The average molecular weight is 578 g/mol. The summed E-state index contributed by atoms with van der Waals surface area (Å²) in [5.41, 5.74) is 13.0. The first kappa shape index (κ1) is 26.8. The molecule has 2 aliphatic heterocycles. The second-order valence-corrected chi connectivity index (χ2v) is 12.8. The third kappa shape index (κ3) is 3.81. The summed E-state index contributed by atoms with van der Waals surface area (Å²) in [5, 5.41) is 2.31. The van der Waals surface area contributed by atoms with Crippen LogP contribution < -0.4 is 4.57 Å². The Morgan fingerprint density at radius 3 is 2.64 bits per heavy atom. The molecule has 2 unspecified atom stereocenters.